The Morgan fingerprint density at radius 3 is 2.67 bits per heavy atom. The highest BCUT2D eigenvalue weighted by molar-refractivity contribution is 5.72. The Balaban J connectivity index is 2.09. The SMILES string of the molecule is CC1CN(CCN)CC(C(=O)O)C12CC2. The fourth-order valence-corrected chi connectivity index (χ4v) is 3.10. The van der Waals surface area contributed by atoms with E-state index in [2.05, 4.69) is 11.8 Å². The Morgan fingerprint density at radius 1 is 1.53 bits per heavy atom. The smallest absolute Gasteiger partial charge is 0.308 e. The van der Waals surface area contributed by atoms with Crippen LogP contribution in [0.5, 0.6) is 0 Å². The fraction of sp³-hybridized carbons (Fsp3) is 0.909. The number of likely N-dealkylation sites (tertiary alicyclic amines) is 1. The minimum absolute atomic E-state index is 0.122. The zero-order valence-corrected chi connectivity index (χ0v) is 9.28. The van der Waals surface area contributed by atoms with E-state index in [-0.39, 0.29) is 11.3 Å². The van der Waals surface area contributed by atoms with Crippen LogP contribution in [-0.4, -0.2) is 42.2 Å². The van der Waals surface area contributed by atoms with Crippen molar-refractivity contribution in [2.75, 3.05) is 26.2 Å². The van der Waals surface area contributed by atoms with Crippen molar-refractivity contribution < 1.29 is 9.90 Å². The summed E-state index contributed by atoms with van der Waals surface area (Å²) in [5.41, 5.74) is 5.64. The highest BCUT2D eigenvalue weighted by Crippen LogP contribution is 2.59. The van der Waals surface area contributed by atoms with Crippen LogP contribution in [-0.2, 0) is 4.79 Å². The molecule has 0 aromatic carbocycles. The number of carbonyl (C=O) groups is 1. The lowest BCUT2D eigenvalue weighted by molar-refractivity contribution is -0.148. The first-order valence-corrected chi connectivity index (χ1v) is 5.75. The van der Waals surface area contributed by atoms with E-state index in [0.29, 0.717) is 19.0 Å². The van der Waals surface area contributed by atoms with Crippen LogP contribution >= 0.6 is 0 Å². The summed E-state index contributed by atoms with van der Waals surface area (Å²) in [4.78, 5) is 13.4. The Labute approximate surface area is 90.4 Å². The van der Waals surface area contributed by atoms with E-state index < -0.39 is 5.97 Å². The Kier molecular flexibility index (Phi) is 2.73. The second-order valence-electron chi connectivity index (χ2n) is 5.07. The van der Waals surface area contributed by atoms with Gasteiger partial charge in [0, 0.05) is 26.2 Å². The lowest BCUT2D eigenvalue weighted by Crippen LogP contribution is -2.50. The number of nitrogens with zero attached hydrogens (tertiary/aromatic N) is 1. The topological polar surface area (TPSA) is 66.6 Å². The van der Waals surface area contributed by atoms with Crippen LogP contribution < -0.4 is 5.73 Å². The highest BCUT2D eigenvalue weighted by atomic mass is 16.4. The molecule has 1 saturated heterocycles. The van der Waals surface area contributed by atoms with Gasteiger partial charge >= 0.3 is 5.97 Å². The van der Waals surface area contributed by atoms with Crippen LogP contribution in [0.15, 0.2) is 0 Å². The third kappa shape index (κ3) is 1.76. The summed E-state index contributed by atoms with van der Waals surface area (Å²) in [6.45, 7) is 5.33. The fourth-order valence-electron chi connectivity index (χ4n) is 3.10. The molecule has 0 amide bonds. The van der Waals surface area contributed by atoms with E-state index in [4.69, 9.17) is 5.73 Å². The molecular formula is C11H20N2O2. The Morgan fingerprint density at radius 2 is 2.20 bits per heavy atom. The summed E-state index contributed by atoms with van der Waals surface area (Å²) < 4.78 is 0. The van der Waals surface area contributed by atoms with Gasteiger partial charge in [-0.25, -0.2) is 0 Å². The van der Waals surface area contributed by atoms with Crippen molar-refractivity contribution in [3.63, 3.8) is 0 Å². The summed E-state index contributed by atoms with van der Waals surface area (Å²) in [6, 6.07) is 0. The molecule has 1 aliphatic heterocycles. The number of hydrogen-bond donors (Lipinski definition) is 2. The third-order valence-electron chi connectivity index (χ3n) is 4.22. The average molecular weight is 212 g/mol. The molecule has 1 spiro atoms. The van der Waals surface area contributed by atoms with Crippen molar-refractivity contribution in [1.82, 2.24) is 4.90 Å². The summed E-state index contributed by atoms with van der Waals surface area (Å²) in [6.07, 6.45) is 2.20. The highest BCUT2D eigenvalue weighted by Gasteiger charge is 2.58. The van der Waals surface area contributed by atoms with E-state index in [0.717, 1.165) is 25.9 Å². The van der Waals surface area contributed by atoms with Gasteiger partial charge < -0.3 is 15.7 Å². The molecule has 1 heterocycles. The molecule has 2 aliphatic rings. The number of carboxylic acid groups (broad SMARTS) is 1. The van der Waals surface area contributed by atoms with E-state index >= 15 is 0 Å². The summed E-state index contributed by atoms with van der Waals surface area (Å²) in [7, 11) is 0. The zero-order chi connectivity index (χ0) is 11.1. The number of piperidine rings is 1. The van der Waals surface area contributed by atoms with Gasteiger partial charge in [-0.1, -0.05) is 6.92 Å². The maximum absolute atomic E-state index is 11.2. The maximum atomic E-state index is 11.2. The molecule has 0 radical (unpaired) electrons. The van der Waals surface area contributed by atoms with Gasteiger partial charge in [-0.3, -0.25) is 4.79 Å². The molecule has 15 heavy (non-hydrogen) atoms. The van der Waals surface area contributed by atoms with Gasteiger partial charge in [0.1, 0.15) is 0 Å². The van der Waals surface area contributed by atoms with Crippen molar-refractivity contribution in [2.45, 2.75) is 19.8 Å². The molecule has 0 bridgehead atoms. The quantitative estimate of drug-likeness (QED) is 0.709. The van der Waals surface area contributed by atoms with Crippen molar-refractivity contribution in [2.24, 2.45) is 23.0 Å². The lowest BCUT2D eigenvalue weighted by Gasteiger charge is -2.41. The van der Waals surface area contributed by atoms with Crippen LogP contribution in [0.1, 0.15) is 19.8 Å². The summed E-state index contributed by atoms with van der Waals surface area (Å²) in [5.74, 6) is -0.298. The number of rotatable bonds is 3. The van der Waals surface area contributed by atoms with Crippen molar-refractivity contribution in [3.8, 4) is 0 Å². The number of hydrogen-bond acceptors (Lipinski definition) is 3. The van der Waals surface area contributed by atoms with Gasteiger partial charge in [0.15, 0.2) is 0 Å². The Bertz CT molecular complexity index is 263. The standard InChI is InChI=1S/C11H20N2O2/c1-8-6-13(5-4-12)7-9(10(14)15)11(8)2-3-11/h8-9H,2-7,12H2,1H3,(H,14,15). The molecule has 3 N–H and O–H groups in total. The predicted octanol–water partition coefficient (Wildman–Crippen LogP) is 0.378. The van der Waals surface area contributed by atoms with Gasteiger partial charge in [-0.15, -0.1) is 0 Å². The predicted molar refractivity (Wildman–Crippen MR) is 57.5 cm³/mol. The molecule has 1 aliphatic carbocycles. The first kappa shape index (κ1) is 10.9. The van der Waals surface area contributed by atoms with Gasteiger partial charge in [0.05, 0.1) is 5.92 Å². The van der Waals surface area contributed by atoms with Crippen molar-refractivity contribution in [3.05, 3.63) is 0 Å². The molecule has 86 valence electrons. The third-order valence-corrected chi connectivity index (χ3v) is 4.22. The van der Waals surface area contributed by atoms with E-state index in [9.17, 15) is 9.90 Å². The minimum atomic E-state index is -0.624. The largest absolute Gasteiger partial charge is 0.481 e. The number of nitrogens with two attached hydrogens (primary N) is 1. The molecule has 2 fully saturated rings. The van der Waals surface area contributed by atoms with Crippen LogP contribution in [0, 0.1) is 17.3 Å². The number of aliphatic carboxylic acids is 1. The maximum Gasteiger partial charge on any atom is 0.308 e. The molecule has 2 rings (SSSR count). The van der Waals surface area contributed by atoms with Gasteiger partial charge in [-0.2, -0.15) is 0 Å². The normalized spacial score (nSPS) is 34.3. The second kappa shape index (κ2) is 3.76. The lowest BCUT2D eigenvalue weighted by atomic mass is 9.75. The van der Waals surface area contributed by atoms with Crippen LogP contribution in [0.2, 0.25) is 0 Å². The van der Waals surface area contributed by atoms with Crippen LogP contribution in [0.4, 0.5) is 0 Å². The molecule has 2 unspecified atom stereocenters. The molecule has 4 heteroatoms. The average Bonchev–Trinajstić information content (AvgIpc) is 2.93. The molecular weight excluding hydrogens is 192 g/mol. The molecule has 0 aromatic heterocycles. The van der Waals surface area contributed by atoms with Gasteiger partial charge in [-0.05, 0) is 24.2 Å². The summed E-state index contributed by atoms with van der Waals surface area (Å²) in [5, 5.41) is 9.26. The molecule has 2 atom stereocenters. The van der Waals surface area contributed by atoms with Crippen molar-refractivity contribution >= 4 is 5.97 Å². The molecule has 4 nitrogen and oxygen atoms in total. The molecule has 0 aromatic rings. The zero-order valence-electron chi connectivity index (χ0n) is 9.28. The first-order valence-electron chi connectivity index (χ1n) is 5.75. The van der Waals surface area contributed by atoms with Crippen LogP contribution in [0.25, 0.3) is 0 Å². The monoisotopic (exact) mass is 212 g/mol. The van der Waals surface area contributed by atoms with E-state index in [1.165, 1.54) is 0 Å². The Hall–Kier alpha value is -0.610. The van der Waals surface area contributed by atoms with E-state index in [1.807, 2.05) is 0 Å². The van der Waals surface area contributed by atoms with E-state index in [1.54, 1.807) is 0 Å². The van der Waals surface area contributed by atoms with Gasteiger partial charge in [0.2, 0.25) is 0 Å². The summed E-state index contributed by atoms with van der Waals surface area (Å²) >= 11 is 0. The second-order valence-corrected chi connectivity index (χ2v) is 5.07. The number of carboxylic acids is 1. The minimum Gasteiger partial charge on any atom is -0.481 e. The first-order chi connectivity index (χ1) is 7.10. The van der Waals surface area contributed by atoms with Crippen molar-refractivity contribution in [1.29, 1.82) is 0 Å². The van der Waals surface area contributed by atoms with Gasteiger partial charge in [0.25, 0.3) is 0 Å². The molecule has 1 saturated carbocycles. The van der Waals surface area contributed by atoms with Crippen LogP contribution in [0.3, 0.4) is 0 Å².